The van der Waals surface area contributed by atoms with E-state index in [0.717, 1.165) is 5.69 Å². The third-order valence-electron chi connectivity index (χ3n) is 7.74. The highest BCUT2D eigenvalue weighted by molar-refractivity contribution is 6.99. The molecule has 180 valence electrons. The minimum Gasteiger partial charge on any atom is -0.257 e. The van der Waals surface area contributed by atoms with Crippen molar-refractivity contribution < 1.29 is 0 Å². The van der Waals surface area contributed by atoms with Crippen LogP contribution in [0.3, 0.4) is 0 Å². The van der Waals surface area contributed by atoms with Crippen molar-refractivity contribution in [2.75, 3.05) is 0 Å². The van der Waals surface area contributed by atoms with Crippen molar-refractivity contribution in [2.24, 2.45) is 0 Å². The summed E-state index contributed by atoms with van der Waals surface area (Å²) in [7, 11) is 0. The van der Waals surface area contributed by atoms with Crippen LogP contribution in [-0.2, 0) is 0 Å². The van der Waals surface area contributed by atoms with Gasteiger partial charge in [-0.2, -0.15) is 0 Å². The zero-order chi connectivity index (χ0) is 25.5. The third kappa shape index (κ3) is 3.92. The van der Waals surface area contributed by atoms with Crippen molar-refractivity contribution in [1.82, 2.24) is 4.98 Å². The lowest BCUT2D eigenvalue weighted by atomic mass is 9.36. The molecule has 2 heteroatoms. The minimum atomic E-state index is 0.154. The first-order valence-corrected chi connectivity index (χ1v) is 13.4. The normalized spacial score (nSPS) is 12.2. The van der Waals surface area contributed by atoms with E-state index in [2.05, 4.69) is 131 Å². The van der Waals surface area contributed by atoms with E-state index in [0.29, 0.717) is 11.8 Å². The molecule has 1 aliphatic rings. The van der Waals surface area contributed by atoms with Crippen LogP contribution < -0.4 is 16.4 Å². The summed E-state index contributed by atoms with van der Waals surface area (Å²) in [5.41, 5.74) is 14.7. The molecule has 1 aromatic heterocycles. The predicted molar refractivity (Wildman–Crippen MR) is 160 cm³/mol. The third-order valence-corrected chi connectivity index (χ3v) is 7.74. The minimum absolute atomic E-state index is 0.154. The van der Waals surface area contributed by atoms with E-state index in [1.54, 1.807) is 0 Å². The van der Waals surface area contributed by atoms with Gasteiger partial charge in [-0.05, 0) is 68.4 Å². The van der Waals surface area contributed by atoms with Crippen LogP contribution in [0.25, 0.3) is 33.5 Å². The monoisotopic (exact) mass is 477 g/mol. The molecule has 0 aliphatic carbocycles. The molecule has 6 rings (SSSR count). The van der Waals surface area contributed by atoms with E-state index in [-0.39, 0.29) is 6.71 Å². The highest BCUT2D eigenvalue weighted by Gasteiger charge is 2.39. The number of nitrogens with zero attached hydrogens (tertiary/aromatic N) is 1. The summed E-state index contributed by atoms with van der Waals surface area (Å²) in [4.78, 5) is 4.89. The smallest absolute Gasteiger partial charge is 0.245 e. The van der Waals surface area contributed by atoms with Crippen molar-refractivity contribution in [1.29, 1.82) is 0 Å². The average Bonchev–Trinajstić information content (AvgIpc) is 3.27. The summed E-state index contributed by atoms with van der Waals surface area (Å²) >= 11 is 0. The fourth-order valence-electron chi connectivity index (χ4n) is 6.32. The topological polar surface area (TPSA) is 12.9 Å². The maximum absolute atomic E-state index is 4.89. The van der Waals surface area contributed by atoms with Crippen LogP contribution >= 0.6 is 0 Å². The molecule has 2 heterocycles. The van der Waals surface area contributed by atoms with E-state index in [9.17, 15) is 0 Å². The predicted octanol–water partition coefficient (Wildman–Crippen LogP) is 7.16. The lowest BCUT2D eigenvalue weighted by Gasteiger charge is -2.30. The molecule has 0 radical (unpaired) electrons. The molecule has 0 N–H and O–H groups in total. The Kier molecular flexibility index (Phi) is 6.04. The van der Waals surface area contributed by atoms with Crippen LogP contribution in [0, 0.1) is 0 Å². The Morgan fingerprint density at radius 2 is 1.05 bits per heavy atom. The molecule has 0 amide bonds. The van der Waals surface area contributed by atoms with Crippen molar-refractivity contribution in [2.45, 2.75) is 39.5 Å². The van der Waals surface area contributed by atoms with E-state index in [4.69, 9.17) is 4.98 Å². The van der Waals surface area contributed by atoms with Crippen LogP contribution in [0.15, 0.2) is 109 Å². The SMILES string of the molecule is CC(C)c1c(-c2ccccc2)cc(-c2ccccc2)c(C(C)C)c1B1c2ccccc2-c2ncccc21. The number of hydrogen-bond acceptors (Lipinski definition) is 1. The second-order valence-electron chi connectivity index (χ2n) is 10.7. The average molecular weight is 477 g/mol. The summed E-state index contributed by atoms with van der Waals surface area (Å²) in [5.74, 6) is 0.723. The molecule has 4 aromatic carbocycles. The lowest BCUT2D eigenvalue weighted by Crippen LogP contribution is -2.52. The largest absolute Gasteiger partial charge is 0.257 e. The zero-order valence-corrected chi connectivity index (χ0v) is 22.1. The van der Waals surface area contributed by atoms with E-state index in [1.807, 2.05) is 6.20 Å². The molecule has 0 saturated heterocycles. The highest BCUT2D eigenvalue weighted by atomic mass is 14.7. The molecule has 0 bridgehead atoms. The van der Waals surface area contributed by atoms with Gasteiger partial charge >= 0.3 is 0 Å². The van der Waals surface area contributed by atoms with Crippen LogP contribution in [0.4, 0.5) is 0 Å². The summed E-state index contributed by atoms with van der Waals surface area (Å²) in [6, 6.07) is 37.6. The van der Waals surface area contributed by atoms with Gasteiger partial charge in [0.2, 0.25) is 6.71 Å². The van der Waals surface area contributed by atoms with Crippen molar-refractivity contribution >= 4 is 23.1 Å². The van der Waals surface area contributed by atoms with Gasteiger partial charge in [0.1, 0.15) is 0 Å². The fourth-order valence-corrected chi connectivity index (χ4v) is 6.32. The van der Waals surface area contributed by atoms with Gasteiger partial charge in [0.25, 0.3) is 0 Å². The molecule has 0 atom stereocenters. The first-order chi connectivity index (χ1) is 18.1. The van der Waals surface area contributed by atoms with Crippen molar-refractivity contribution in [3.8, 4) is 33.5 Å². The number of rotatable bonds is 5. The van der Waals surface area contributed by atoms with Crippen LogP contribution in [0.1, 0.15) is 50.7 Å². The van der Waals surface area contributed by atoms with E-state index >= 15 is 0 Å². The van der Waals surface area contributed by atoms with Crippen LogP contribution in [-0.4, -0.2) is 11.7 Å². The molecule has 37 heavy (non-hydrogen) atoms. The Morgan fingerprint density at radius 1 is 0.541 bits per heavy atom. The van der Waals surface area contributed by atoms with E-state index in [1.165, 1.54) is 55.3 Å². The van der Waals surface area contributed by atoms with Gasteiger partial charge in [0.15, 0.2) is 0 Å². The van der Waals surface area contributed by atoms with Gasteiger partial charge < -0.3 is 0 Å². The summed E-state index contributed by atoms with van der Waals surface area (Å²) in [6.45, 7) is 9.55. The number of aromatic nitrogens is 1. The van der Waals surface area contributed by atoms with Gasteiger partial charge in [0, 0.05) is 6.20 Å². The maximum Gasteiger partial charge on any atom is 0.245 e. The number of pyridine rings is 1. The Morgan fingerprint density at radius 3 is 1.62 bits per heavy atom. The second kappa shape index (κ2) is 9.52. The Hall–Kier alpha value is -3.91. The number of benzene rings is 4. The Labute approximate surface area is 221 Å². The highest BCUT2D eigenvalue weighted by Crippen LogP contribution is 2.39. The summed E-state index contributed by atoms with van der Waals surface area (Å²) < 4.78 is 0. The van der Waals surface area contributed by atoms with Gasteiger partial charge in [0.05, 0.1) is 5.69 Å². The van der Waals surface area contributed by atoms with E-state index < -0.39 is 0 Å². The second-order valence-corrected chi connectivity index (χ2v) is 10.7. The Balaban J connectivity index is 1.79. The van der Waals surface area contributed by atoms with Gasteiger partial charge in [-0.3, -0.25) is 4.98 Å². The van der Waals surface area contributed by atoms with Gasteiger partial charge in [-0.15, -0.1) is 0 Å². The molecule has 0 unspecified atom stereocenters. The maximum atomic E-state index is 4.89. The quantitative estimate of drug-likeness (QED) is 0.240. The molecule has 0 fully saturated rings. The standard InChI is InChI=1S/C35H32BN/c1-23(2)32-28(25-14-7-5-8-15-25)22-29(26-16-9-6-10-17-26)33(24(3)4)34(32)36-30-19-12-11-18-27(30)35-31(36)20-13-21-37-35/h5-24H,1-4H3. The fraction of sp³-hybridized carbons (Fsp3) is 0.171. The van der Waals surface area contributed by atoms with Crippen LogP contribution in [0.2, 0.25) is 0 Å². The summed E-state index contributed by atoms with van der Waals surface area (Å²) in [6.07, 6.45) is 1.93. The molecule has 1 nitrogen and oxygen atoms in total. The number of fused-ring (bicyclic) bond motifs is 3. The first kappa shape index (κ1) is 23.5. The number of hydrogen-bond donors (Lipinski definition) is 0. The molecule has 5 aromatic rings. The Bertz CT molecular complexity index is 1450. The zero-order valence-electron chi connectivity index (χ0n) is 22.1. The van der Waals surface area contributed by atoms with Crippen molar-refractivity contribution in [3.05, 3.63) is 120 Å². The molecule has 0 spiro atoms. The molecular weight excluding hydrogens is 445 g/mol. The van der Waals surface area contributed by atoms with Gasteiger partial charge in [-0.1, -0.05) is 130 Å². The van der Waals surface area contributed by atoms with Crippen LogP contribution in [0.5, 0.6) is 0 Å². The molecule has 0 saturated carbocycles. The lowest BCUT2D eigenvalue weighted by molar-refractivity contribution is 0.848. The molecule has 1 aliphatic heterocycles. The molecular formula is C35H32BN. The van der Waals surface area contributed by atoms with Gasteiger partial charge in [-0.25, -0.2) is 0 Å². The first-order valence-electron chi connectivity index (χ1n) is 13.4. The van der Waals surface area contributed by atoms with Crippen molar-refractivity contribution in [3.63, 3.8) is 0 Å². The summed E-state index contributed by atoms with van der Waals surface area (Å²) in [5, 5.41) is 0.